The van der Waals surface area contributed by atoms with Crippen LogP contribution < -0.4 is 5.32 Å². The molecule has 0 heterocycles. The van der Waals surface area contributed by atoms with E-state index in [1.807, 2.05) is 13.8 Å². The van der Waals surface area contributed by atoms with E-state index >= 15 is 0 Å². The molecule has 16 heavy (non-hydrogen) atoms. The predicted molar refractivity (Wildman–Crippen MR) is 61.9 cm³/mol. The average Bonchev–Trinajstić information content (AvgIpc) is 2.22. The van der Waals surface area contributed by atoms with Gasteiger partial charge in [0.15, 0.2) is 0 Å². The van der Waals surface area contributed by atoms with Crippen LogP contribution in [0.4, 0.5) is 0 Å². The second-order valence-corrected chi connectivity index (χ2v) is 3.75. The zero-order chi connectivity index (χ0) is 12.6. The molecule has 0 aliphatic heterocycles. The van der Waals surface area contributed by atoms with Crippen molar-refractivity contribution in [2.45, 2.75) is 39.7 Å². The molecular weight excluding hydrogens is 208 g/mol. The number of hydrogen-bond donors (Lipinski definition) is 2. The number of aliphatic hydroxyl groups excluding tert-OH is 1. The van der Waals surface area contributed by atoms with Crippen molar-refractivity contribution in [2.75, 3.05) is 19.6 Å². The Morgan fingerprint density at radius 1 is 1.38 bits per heavy atom. The summed E-state index contributed by atoms with van der Waals surface area (Å²) in [5.41, 5.74) is 0. The lowest BCUT2D eigenvalue weighted by molar-refractivity contribution is -0.136. The number of carbonyl (C=O) groups excluding carboxylic acids is 2. The molecule has 94 valence electrons. The van der Waals surface area contributed by atoms with E-state index < -0.39 is 6.10 Å². The Morgan fingerprint density at radius 2 is 2.00 bits per heavy atom. The van der Waals surface area contributed by atoms with E-state index in [-0.39, 0.29) is 24.8 Å². The minimum atomic E-state index is -0.480. The number of carbonyl (C=O) groups is 2. The average molecular weight is 230 g/mol. The summed E-state index contributed by atoms with van der Waals surface area (Å²) in [5, 5.41) is 11.7. The highest BCUT2D eigenvalue weighted by atomic mass is 16.3. The van der Waals surface area contributed by atoms with Gasteiger partial charge in [0.05, 0.1) is 12.6 Å². The number of aliphatic hydroxyl groups is 1. The lowest BCUT2D eigenvalue weighted by Crippen LogP contribution is -2.40. The van der Waals surface area contributed by atoms with Crippen molar-refractivity contribution < 1.29 is 14.7 Å². The maximum Gasteiger partial charge on any atom is 0.239 e. The Bertz CT molecular complexity index is 229. The van der Waals surface area contributed by atoms with Crippen LogP contribution in [0.1, 0.15) is 33.6 Å². The summed E-state index contributed by atoms with van der Waals surface area (Å²) in [4.78, 5) is 24.4. The third kappa shape index (κ3) is 6.40. The van der Waals surface area contributed by atoms with Crippen molar-refractivity contribution in [3.63, 3.8) is 0 Å². The maximum atomic E-state index is 11.7. The van der Waals surface area contributed by atoms with Crippen LogP contribution in [-0.4, -0.2) is 47.6 Å². The van der Waals surface area contributed by atoms with Gasteiger partial charge in [-0.15, -0.1) is 0 Å². The first kappa shape index (κ1) is 14.9. The quantitative estimate of drug-likeness (QED) is 0.653. The summed E-state index contributed by atoms with van der Waals surface area (Å²) in [6.45, 7) is 6.49. The summed E-state index contributed by atoms with van der Waals surface area (Å²) in [6.07, 6.45) is 0.238. The minimum absolute atomic E-state index is 0.0883. The van der Waals surface area contributed by atoms with Gasteiger partial charge in [-0.3, -0.25) is 9.59 Å². The molecule has 0 aromatic rings. The van der Waals surface area contributed by atoms with E-state index in [0.717, 1.165) is 0 Å². The molecule has 2 N–H and O–H groups in total. The molecule has 0 aliphatic carbocycles. The molecule has 0 aromatic carbocycles. The molecule has 0 saturated carbocycles. The first-order valence-electron chi connectivity index (χ1n) is 5.73. The van der Waals surface area contributed by atoms with E-state index in [4.69, 9.17) is 5.11 Å². The van der Waals surface area contributed by atoms with Crippen LogP contribution in [-0.2, 0) is 9.59 Å². The molecule has 5 nitrogen and oxygen atoms in total. The summed E-state index contributed by atoms with van der Waals surface area (Å²) in [7, 11) is 0. The van der Waals surface area contributed by atoms with Crippen molar-refractivity contribution in [3.05, 3.63) is 0 Å². The highest BCUT2D eigenvalue weighted by molar-refractivity contribution is 5.84. The fraction of sp³-hybridized carbons (Fsp3) is 0.818. The fourth-order valence-corrected chi connectivity index (χ4v) is 1.29. The van der Waals surface area contributed by atoms with Crippen molar-refractivity contribution in [1.82, 2.24) is 10.2 Å². The van der Waals surface area contributed by atoms with Gasteiger partial charge in [-0.1, -0.05) is 0 Å². The number of nitrogens with one attached hydrogen (secondary N) is 1. The molecule has 0 radical (unpaired) electrons. The fourth-order valence-electron chi connectivity index (χ4n) is 1.29. The summed E-state index contributed by atoms with van der Waals surface area (Å²) >= 11 is 0. The first-order chi connectivity index (χ1) is 7.51. The Labute approximate surface area is 96.8 Å². The Balaban J connectivity index is 4.06. The van der Waals surface area contributed by atoms with Crippen molar-refractivity contribution >= 4 is 11.8 Å². The number of amides is 2. The number of nitrogens with zero attached hydrogens (tertiary/aromatic N) is 1. The summed E-state index contributed by atoms with van der Waals surface area (Å²) < 4.78 is 0. The van der Waals surface area contributed by atoms with Crippen molar-refractivity contribution in [3.8, 4) is 0 Å². The molecule has 0 bridgehead atoms. The Kier molecular flexibility index (Phi) is 7.54. The lowest BCUT2D eigenvalue weighted by Gasteiger charge is -2.20. The van der Waals surface area contributed by atoms with Crippen LogP contribution >= 0.6 is 0 Å². The Morgan fingerprint density at radius 3 is 2.44 bits per heavy atom. The smallest absolute Gasteiger partial charge is 0.239 e. The molecule has 0 aliphatic rings. The third-order valence-electron chi connectivity index (χ3n) is 2.22. The first-order valence-corrected chi connectivity index (χ1v) is 5.73. The minimum Gasteiger partial charge on any atom is -0.393 e. The van der Waals surface area contributed by atoms with Crippen LogP contribution in [0.5, 0.6) is 0 Å². The number of hydrogen-bond acceptors (Lipinski definition) is 3. The topological polar surface area (TPSA) is 69.6 Å². The van der Waals surface area contributed by atoms with E-state index in [1.165, 1.54) is 4.90 Å². The van der Waals surface area contributed by atoms with Gasteiger partial charge in [-0.25, -0.2) is 0 Å². The number of rotatable bonds is 7. The zero-order valence-corrected chi connectivity index (χ0v) is 10.3. The van der Waals surface area contributed by atoms with Crippen LogP contribution in [0.3, 0.4) is 0 Å². The second-order valence-electron chi connectivity index (χ2n) is 3.75. The maximum absolute atomic E-state index is 11.7. The molecular formula is C11H22N2O3. The largest absolute Gasteiger partial charge is 0.393 e. The summed E-state index contributed by atoms with van der Waals surface area (Å²) in [6, 6.07) is 0. The van der Waals surface area contributed by atoms with Gasteiger partial charge in [-0.05, 0) is 27.2 Å². The van der Waals surface area contributed by atoms with Gasteiger partial charge >= 0.3 is 0 Å². The predicted octanol–water partition coefficient (Wildman–Crippen LogP) is 0.132. The molecule has 5 heteroatoms. The van der Waals surface area contributed by atoms with Crippen LogP contribution in [0.15, 0.2) is 0 Å². The van der Waals surface area contributed by atoms with Gasteiger partial charge in [0.2, 0.25) is 11.8 Å². The van der Waals surface area contributed by atoms with E-state index in [9.17, 15) is 9.59 Å². The van der Waals surface area contributed by atoms with Crippen molar-refractivity contribution in [1.29, 1.82) is 0 Å². The van der Waals surface area contributed by atoms with Gasteiger partial charge < -0.3 is 15.3 Å². The third-order valence-corrected chi connectivity index (χ3v) is 2.22. The van der Waals surface area contributed by atoms with Crippen LogP contribution in [0, 0.1) is 0 Å². The van der Waals surface area contributed by atoms with Crippen molar-refractivity contribution in [2.24, 2.45) is 0 Å². The zero-order valence-electron chi connectivity index (χ0n) is 10.3. The van der Waals surface area contributed by atoms with E-state index in [1.54, 1.807) is 6.92 Å². The molecule has 0 fully saturated rings. The standard InChI is InChI=1S/C11H22N2O3/c1-4-12-10(15)8-13(5-2)11(16)7-6-9(3)14/h9,14H,4-8H2,1-3H3,(H,12,15). The second kappa shape index (κ2) is 8.10. The normalized spacial score (nSPS) is 12.0. The van der Waals surface area contributed by atoms with Gasteiger partial charge in [0.25, 0.3) is 0 Å². The molecule has 0 saturated heterocycles. The number of likely N-dealkylation sites (N-methyl/N-ethyl adjacent to an activating group) is 2. The monoisotopic (exact) mass is 230 g/mol. The van der Waals surface area contributed by atoms with Gasteiger partial charge in [-0.2, -0.15) is 0 Å². The van der Waals surface area contributed by atoms with Crippen LogP contribution in [0.25, 0.3) is 0 Å². The van der Waals surface area contributed by atoms with Gasteiger partial charge in [0.1, 0.15) is 0 Å². The Hall–Kier alpha value is -1.10. The highest BCUT2D eigenvalue weighted by Crippen LogP contribution is 2.01. The van der Waals surface area contributed by atoms with Crippen LogP contribution in [0.2, 0.25) is 0 Å². The summed E-state index contributed by atoms with van der Waals surface area (Å²) in [5.74, 6) is -0.232. The molecule has 2 amide bonds. The SMILES string of the molecule is CCNC(=O)CN(CC)C(=O)CCC(C)O. The molecule has 0 rings (SSSR count). The molecule has 0 aromatic heterocycles. The molecule has 1 atom stereocenters. The highest BCUT2D eigenvalue weighted by Gasteiger charge is 2.15. The molecule has 0 spiro atoms. The lowest BCUT2D eigenvalue weighted by atomic mass is 10.2. The van der Waals surface area contributed by atoms with E-state index in [0.29, 0.717) is 19.5 Å². The van der Waals surface area contributed by atoms with E-state index in [2.05, 4.69) is 5.32 Å². The molecule has 1 unspecified atom stereocenters. The van der Waals surface area contributed by atoms with Gasteiger partial charge in [0, 0.05) is 19.5 Å².